The van der Waals surface area contributed by atoms with E-state index in [9.17, 15) is 20.0 Å². The predicted octanol–water partition coefficient (Wildman–Crippen LogP) is 1.56. The van der Waals surface area contributed by atoms with E-state index in [0.717, 1.165) is 0 Å². The third kappa shape index (κ3) is 3.50. The number of hydrogen-bond acceptors (Lipinski definition) is 6. The maximum atomic E-state index is 12.3. The number of methoxy groups -OCH3 is 1. The van der Waals surface area contributed by atoms with E-state index >= 15 is 0 Å². The second-order valence-corrected chi connectivity index (χ2v) is 5.38. The van der Waals surface area contributed by atoms with Crippen LogP contribution in [0.2, 0.25) is 0 Å². The molecule has 3 N–H and O–H groups in total. The molecule has 8 heteroatoms. The summed E-state index contributed by atoms with van der Waals surface area (Å²) in [5.74, 6) is -2.69. The van der Waals surface area contributed by atoms with E-state index in [4.69, 9.17) is 9.47 Å². The first-order valence-electron chi connectivity index (χ1n) is 7.64. The Bertz CT molecular complexity index is 862. The molecule has 8 nitrogen and oxygen atoms in total. The molecule has 2 aromatic rings. The quantitative estimate of drug-likeness (QED) is 0.682. The minimum Gasteiger partial charge on any atom is -0.508 e. The largest absolute Gasteiger partial charge is 0.508 e. The van der Waals surface area contributed by atoms with Crippen LogP contribution in [0.4, 0.5) is 0 Å². The Labute approximate surface area is 144 Å². The van der Waals surface area contributed by atoms with Crippen molar-refractivity contribution in [2.45, 2.75) is 19.8 Å². The number of phenolic OH excluding ortho intramolecular Hbond substituents is 1. The molecule has 0 saturated heterocycles. The minimum absolute atomic E-state index is 0.0382. The summed E-state index contributed by atoms with van der Waals surface area (Å²) in [5.41, 5.74) is 0.716. The molecule has 2 unspecified atom stereocenters. The number of nitrogens with zero attached hydrogens (tertiary/aromatic N) is 1. The van der Waals surface area contributed by atoms with E-state index in [1.807, 2.05) is 6.07 Å². The van der Waals surface area contributed by atoms with Gasteiger partial charge in [-0.15, -0.1) is 0 Å². The molecule has 2 rings (SSSR count). The molecule has 0 fully saturated rings. The van der Waals surface area contributed by atoms with Gasteiger partial charge in [-0.25, -0.2) is 0 Å². The number of nitriles is 1. The monoisotopic (exact) mass is 345 g/mol. The molecule has 1 aromatic carbocycles. The number of aromatic hydroxyl groups is 1. The number of ether oxygens (including phenoxy) is 2. The maximum absolute atomic E-state index is 12.3. The lowest BCUT2D eigenvalue weighted by molar-refractivity contribution is -0.146. The van der Waals surface area contributed by atoms with Crippen LogP contribution < -0.4 is 10.3 Å². The summed E-state index contributed by atoms with van der Waals surface area (Å²) in [6.07, 6.45) is 0. The summed E-state index contributed by atoms with van der Waals surface area (Å²) >= 11 is 0. The first-order valence-corrected chi connectivity index (χ1v) is 7.64. The van der Waals surface area contributed by atoms with Crippen LogP contribution in [0.5, 0.6) is 11.5 Å². The molecule has 2 atom stereocenters. The summed E-state index contributed by atoms with van der Waals surface area (Å²) in [6, 6.07) is 6.22. The number of H-pyrrole nitrogens is 2. The summed E-state index contributed by atoms with van der Waals surface area (Å²) in [6.45, 7) is 3.41. The van der Waals surface area contributed by atoms with Crippen LogP contribution in [0.3, 0.4) is 0 Å². The van der Waals surface area contributed by atoms with Crippen molar-refractivity contribution in [2.24, 2.45) is 5.92 Å². The number of aryl methyl sites for hydroxylation is 1. The molecule has 25 heavy (non-hydrogen) atoms. The molecular weight excluding hydrogens is 326 g/mol. The van der Waals surface area contributed by atoms with Gasteiger partial charge < -0.3 is 19.7 Å². The summed E-state index contributed by atoms with van der Waals surface area (Å²) in [7, 11) is 1.40. The van der Waals surface area contributed by atoms with Crippen molar-refractivity contribution >= 4 is 5.97 Å². The van der Waals surface area contributed by atoms with Crippen LogP contribution in [0.1, 0.15) is 29.7 Å². The highest BCUT2D eigenvalue weighted by Gasteiger charge is 2.37. The number of hydrogen-bond donors (Lipinski definition) is 3. The number of aromatic nitrogens is 2. The molecule has 132 valence electrons. The van der Waals surface area contributed by atoms with Crippen LogP contribution in [0.25, 0.3) is 0 Å². The average Bonchev–Trinajstić information content (AvgIpc) is 2.91. The van der Waals surface area contributed by atoms with E-state index in [1.54, 1.807) is 13.8 Å². The zero-order valence-corrected chi connectivity index (χ0v) is 14.1. The van der Waals surface area contributed by atoms with E-state index in [-0.39, 0.29) is 23.7 Å². The molecular formula is C17H19N3O5. The van der Waals surface area contributed by atoms with Gasteiger partial charge in [0.1, 0.15) is 11.5 Å². The number of carbonyl (C=O) groups excluding carboxylic acids is 1. The normalized spacial score (nSPS) is 12.9. The van der Waals surface area contributed by atoms with Gasteiger partial charge in [0.05, 0.1) is 19.8 Å². The van der Waals surface area contributed by atoms with Gasteiger partial charge in [0, 0.05) is 28.8 Å². The number of benzene rings is 1. The molecule has 0 aliphatic carbocycles. The van der Waals surface area contributed by atoms with Crippen LogP contribution in [-0.4, -0.2) is 35.0 Å². The van der Waals surface area contributed by atoms with Crippen molar-refractivity contribution in [3.63, 3.8) is 0 Å². The third-order valence-electron chi connectivity index (χ3n) is 3.89. The lowest BCUT2D eigenvalue weighted by atomic mass is 9.81. The van der Waals surface area contributed by atoms with Crippen LogP contribution in [0, 0.1) is 24.2 Å². The van der Waals surface area contributed by atoms with Crippen molar-refractivity contribution in [3.8, 4) is 17.6 Å². The summed E-state index contributed by atoms with van der Waals surface area (Å²) < 4.78 is 10.3. The Balaban J connectivity index is 2.72. The van der Waals surface area contributed by atoms with Crippen molar-refractivity contribution in [3.05, 3.63) is 45.4 Å². The van der Waals surface area contributed by atoms with Gasteiger partial charge in [-0.3, -0.25) is 14.7 Å². The summed E-state index contributed by atoms with van der Waals surface area (Å²) in [5, 5.41) is 24.4. The van der Waals surface area contributed by atoms with Gasteiger partial charge in [0.25, 0.3) is 5.56 Å². The highest BCUT2D eigenvalue weighted by molar-refractivity contribution is 5.78. The zero-order valence-electron chi connectivity index (χ0n) is 14.1. The molecule has 0 saturated carbocycles. The number of aromatic amines is 2. The van der Waals surface area contributed by atoms with Gasteiger partial charge in [-0.05, 0) is 19.9 Å². The summed E-state index contributed by atoms with van der Waals surface area (Å²) in [4.78, 5) is 24.6. The standard InChI is InChI=1S/C17H19N3O5/c1-4-25-17(23)12(8-18)15(14-9(2)19-20-16(14)22)11-6-5-10(21)7-13(11)24-3/h5-7,12,15,21H,4H2,1-3H3,(H2,19,20,22). The van der Waals surface area contributed by atoms with Crippen molar-refractivity contribution in [1.29, 1.82) is 5.26 Å². The lowest BCUT2D eigenvalue weighted by Gasteiger charge is -2.22. The first kappa shape index (κ1) is 18.1. The number of carbonyl (C=O) groups is 1. The molecule has 0 aliphatic heterocycles. The van der Waals surface area contributed by atoms with Gasteiger partial charge in [-0.1, -0.05) is 6.07 Å². The molecule has 0 bridgehead atoms. The Kier molecular flexibility index (Phi) is 5.49. The van der Waals surface area contributed by atoms with E-state index < -0.39 is 23.4 Å². The highest BCUT2D eigenvalue weighted by atomic mass is 16.5. The molecule has 1 heterocycles. The van der Waals surface area contributed by atoms with Crippen LogP contribution in [-0.2, 0) is 9.53 Å². The van der Waals surface area contributed by atoms with Gasteiger partial charge in [0.15, 0.2) is 5.92 Å². The lowest BCUT2D eigenvalue weighted by Crippen LogP contribution is -2.28. The van der Waals surface area contributed by atoms with Crippen molar-refractivity contribution < 1.29 is 19.4 Å². The average molecular weight is 345 g/mol. The Morgan fingerprint density at radius 2 is 2.12 bits per heavy atom. The van der Waals surface area contributed by atoms with Crippen molar-refractivity contribution in [2.75, 3.05) is 13.7 Å². The van der Waals surface area contributed by atoms with Gasteiger partial charge >= 0.3 is 5.97 Å². The zero-order chi connectivity index (χ0) is 18.6. The van der Waals surface area contributed by atoms with Crippen LogP contribution >= 0.6 is 0 Å². The van der Waals surface area contributed by atoms with Crippen LogP contribution in [0.15, 0.2) is 23.0 Å². The SMILES string of the molecule is CCOC(=O)C(C#N)C(c1ccc(O)cc1OC)c1c(C)[nH][nH]c1=O. The van der Waals surface area contributed by atoms with E-state index in [1.165, 1.54) is 25.3 Å². The fraction of sp³-hybridized carbons (Fsp3) is 0.353. The van der Waals surface area contributed by atoms with E-state index in [2.05, 4.69) is 10.2 Å². The molecule has 1 aromatic heterocycles. The maximum Gasteiger partial charge on any atom is 0.324 e. The molecule has 0 amide bonds. The van der Waals surface area contributed by atoms with Gasteiger partial charge in [-0.2, -0.15) is 5.26 Å². The number of rotatable bonds is 6. The Hall–Kier alpha value is -3.21. The Morgan fingerprint density at radius 3 is 2.64 bits per heavy atom. The molecule has 0 spiro atoms. The fourth-order valence-corrected chi connectivity index (χ4v) is 2.78. The van der Waals surface area contributed by atoms with E-state index in [0.29, 0.717) is 11.3 Å². The molecule has 0 radical (unpaired) electrons. The minimum atomic E-state index is -1.26. The van der Waals surface area contributed by atoms with Crippen molar-refractivity contribution in [1.82, 2.24) is 10.2 Å². The number of esters is 1. The first-order chi connectivity index (χ1) is 11.9. The second-order valence-electron chi connectivity index (χ2n) is 5.38. The highest BCUT2D eigenvalue weighted by Crippen LogP contribution is 2.39. The third-order valence-corrected chi connectivity index (χ3v) is 3.89. The second kappa shape index (κ2) is 7.57. The van der Waals surface area contributed by atoms with Gasteiger partial charge in [0.2, 0.25) is 0 Å². The predicted molar refractivity (Wildman–Crippen MR) is 88.4 cm³/mol. The Morgan fingerprint density at radius 1 is 1.40 bits per heavy atom. The fourth-order valence-electron chi connectivity index (χ4n) is 2.78. The number of phenols is 1. The smallest absolute Gasteiger partial charge is 0.324 e. The molecule has 0 aliphatic rings. The topological polar surface area (TPSA) is 128 Å². The number of nitrogens with one attached hydrogen (secondary N) is 2.